The number of rotatable bonds is 5. The summed E-state index contributed by atoms with van der Waals surface area (Å²) in [5.74, 6) is 0. The molecule has 21 heavy (non-hydrogen) atoms. The van der Waals surface area contributed by atoms with E-state index in [0.29, 0.717) is 0 Å². The minimum Gasteiger partial charge on any atom is -0.354 e. The summed E-state index contributed by atoms with van der Waals surface area (Å²) in [5.41, 5.74) is 3.97. The molecular formula is C16H20N4O. The van der Waals surface area contributed by atoms with Crippen LogP contribution in [0.25, 0.3) is 11.0 Å². The van der Waals surface area contributed by atoms with Crippen molar-refractivity contribution in [1.82, 2.24) is 19.9 Å². The number of aromatic amines is 2. The Morgan fingerprint density at radius 2 is 2.05 bits per heavy atom. The lowest BCUT2D eigenvalue weighted by atomic mass is 10.1. The molecule has 2 aromatic heterocycles. The fourth-order valence-electron chi connectivity index (χ4n) is 2.50. The maximum atomic E-state index is 11.3. The van der Waals surface area contributed by atoms with E-state index in [-0.39, 0.29) is 11.7 Å². The normalized spacial score (nSPS) is 12.9. The predicted octanol–water partition coefficient (Wildman–Crippen LogP) is 2.53. The Labute approximate surface area is 123 Å². The van der Waals surface area contributed by atoms with Gasteiger partial charge in [-0.05, 0) is 43.2 Å². The average molecular weight is 284 g/mol. The highest BCUT2D eigenvalue weighted by Crippen LogP contribution is 2.17. The van der Waals surface area contributed by atoms with E-state index >= 15 is 0 Å². The van der Waals surface area contributed by atoms with Gasteiger partial charge < -0.3 is 19.9 Å². The topological polar surface area (TPSA) is 65.6 Å². The summed E-state index contributed by atoms with van der Waals surface area (Å²) in [5, 5.41) is 3.51. The second-order valence-corrected chi connectivity index (χ2v) is 5.34. The molecule has 0 bridgehead atoms. The highest BCUT2D eigenvalue weighted by Gasteiger charge is 2.07. The van der Waals surface area contributed by atoms with Gasteiger partial charge in [-0.1, -0.05) is 6.07 Å². The van der Waals surface area contributed by atoms with E-state index in [2.05, 4.69) is 52.2 Å². The molecule has 0 aliphatic heterocycles. The zero-order chi connectivity index (χ0) is 14.8. The fourth-order valence-corrected chi connectivity index (χ4v) is 2.50. The van der Waals surface area contributed by atoms with E-state index in [0.717, 1.165) is 29.7 Å². The van der Waals surface area contributed by atoms with E-state index in [1.807, 2.05) is 18.2 Å². The van der Waals surface area contributed by atoms with Crippen LogP contribution in [-0.2, 0) is 13.1 Å². The number of fused-ring (bicyclic) bond motifs is 1. The molecule has 1 unspecified atom stereocenters. The van der Waals surface area contributed by atoms with Crippen molar-refractivity contribution < 1.29 is 0 Å². The van der Waals surface area contributed by atoms with Crippen LogP contribution < -0.4 is 11.0 Å². The van der Waals surface area contributed by atoms with Gasteiger partial charge in [-0.3, -0.25) is 0 Å². The summed E-state index contributed by atoms with van der Waals surface area (Å²) in [6.45, 7) is 6.08. The lowest BCUT2D eigenvalue weighted by molar-refractivity contribution is 0.574. The second kappa shape index (κ2) is 5.61. The fraction of sp³-hybridized carbons (Fsp3) is 0.312. The number of aromatic nitrogens is 3. The first-order valence-corrected chi connectivity index (χ1v) is 7.25. The number of nitrogens with one attached hydrogen (secondary N) is 3. The van der Waals surface area contributed by atoms with Crippen molar-refractivity contribution in [2.24, 2.45) is 0 Å². The summed E-state index contributed by atoms with van der Waals surface area (Å²) in [4.78, 5) is 16.8. The zero-order valence-corrected chi connectivity index (χ0v) is 12.3. The first kappa shape index (κ1) is 13.7. The number of hydrogen-bond donors (Lipinski definition) is 3. The largest absolute Gasteiger partial charge is 0.354 e. The summed E-state index contributed by atoms with van der Waals surface area (Å²) in [6.07, 6.45) is 4.25. The standard InChI is InChI=1S/C16H20N4O/c1-3-20-7-6-12(10-20)9-17-11(2)13-4-5-14-15(8-13)19-16(21)18-14/h4-8,10-11,17H,3,9H2,1-2H3,(H2,18,19,21). The van der Waals surface area contributed by atoms with Crippen LogP contribution in [0.2, 0.25) is 0 Å². The number of H-pyrrole nitrogens is 2. The molecule has 0 aliphatic carbocycles. The van der Waals surface area contributed by atoms with Crippen molar-refractivity contribution in [1.29, 1.82) is 0 Å². The lowest BCUT2D eigenvalue weighted by Gasteiger charge is -2.13. The van der Waals surface area contributed by atoms with Crippen LogP contribution in [0.3, 0.4) is 0 Å². The Bertz CT molecular complexity index is 796. The molecular weight excluding hydrogens is 264 g/mol. The summed E-state index contributed by atoms with van der Waals surface area (Å²) in [7, 11) is 0. The minimum absolute atomic E-state index is 0.163. The Kier molecular flexibility index (Phi) is 3.66. The van der Waals surface area contributed by atoms with Gasteiger partial charge in [0.05, 0.1) is 11.0 Å². The number of aryl methyl sites for hydroxylation is 1. The van der Waals surface area contributed by atoms with Crippen molar-refractivity contribution >= 4 is 11.0 Å². The van der Waals surface area contributed by atoms with E-state index < -0.39 is 0 Å². The lowest BCUT2D eigenvalue weighted by Crippen LogP contribution is -2.17. The van der Waals surface area contributed by atoms with Crippen molar-refractivity contribution in [2.75, 3.05) is 0 Å². The van der Waals surface area contributed by atoms with Crippen molar-refractivity contribution in [3.05, 3.63) is 58.3 Å². The average Bonchev–Trinajstić information content (AvgIpc) is 3.08. The van der Waals surface area contributed by atoms with Gasteiger partial charge in [0.1, 0.15) is 0 Å². The third-order valence-electron chi connectivity index (χ3n) is 3.83. The van der Waals surface area contributed by atoms with Crippen molar-refractivity contribution in [3.63, 3.8) is 0 Å². The van der Waals surface area contributed by atoms with Crippen LogP contribution >= 0.6 is 0 Å². The van der Waals surface area contributed by atoms with E-state index in [1.165, 1.54) is 5.56 Å². The van der Waals surface area contributed by atoms with Crippen LogP contribution in [0, 0.1) is 0 Å². The molecule has 110 valence electrons. The predicted molar refractivity (Wildman–Crippen MR) is 84.3 cm³/mol. The molecule has 3 rings (SSSR count). The van der Waals surface area contributed by atoms with Gasteiger partial charge in [0, 0.05) is 31.5 Å². The molecule has 3 aromatic rings. The van der Waals surface area contributed by atoms with Crippen LogP contribution in [-0.4, -0.2) is 14.5 Å². The van der Waals surface area contributed by atoms with Crippen LogP contribution in [0.5, 0.6) is 0 Å². The molecule has 1 atom stereocenters. The monoisotopic (exact) mass is 284 g/mol. The third-order valence-corrected chi connectivity index (χ3v) is 3.83. The Hall–Kier alpha value is -2.27. The third kappa shape index (κ3) is 2.92. The van der Waals surface area contributed by atoms with Crippen LogP contribution in [0.1, 0.15) is 31.0 Å². The van der Waals surface area contributed by atoms with Crippen molar-refractivity contribution in [3.8, 4) is 0 Å². The maximum absolute atomic E-state index is 11.3. The van der Waals surface area contributed by atoms with E-state index in [9.17, 15) is 4.79 Å². The first-order chi connectivity index (χ1) is 10.2. The van der Waals surface area contributed by atoms with Gasteiger partial charge in [0.15, 0.2) is 0 Å². The number of nitrogens with zero attached hydrogens (tertiary/aromatic N) is 1. The van der Waals surface area contributed by atoms with Crippen LogP contribution in [0.4, 0.5) is 0 Å². The quantitative estimate of drug-likeness (QED) is 0.674. The highest BCUT2D eigenvalue weighted by atomic mass is 16.1. The molecule has 1 aromatic carbocycles. The molecule has 0 spiro atoms. The zero-order valence-electron chi connectivity index (χ0n) is 12.3. The molecule has 3 N–H and O–H groups in total. The first-order valence-electron chi connectivity index (χ1n) is 7.25. The van der Waals surface area contributed by atoms with Gasteiger partial charge in [-0.2, -0.15) is 0 Å². The summed E-state index contributed by atoms with van der Waals surface area (Å²) in [6, 6.07) is 8.35. The SMILES string of the molecule is CCn1ccc(CNC(C)c2ccc3[nH]c(=O)[nH]c3c2)c1. The maximum Gasteiger partial charge on any atom is 0.323 e. The van der Waals surface area contributed by atoms with Gasteiger partial charge in [-0.25, -0.2) is 4.79 Å². The smallest absolute Gasteiger partial charge is 0.323 e. The molecule has 0 saturated heterocycles. The van der Waals surface area contributed by atoms with Gasteiger partial charge in [0.2, 0.25) is 0 Å². The Morgan fingerprint density at radius 3 is 2.81 bits per heavy atom. The van der Waals surface area contributed by atoms with E-state index in [4.69, 9.17) is 0 Å². The minimum atomic E-state index is -0.163. The van der Waals surface area contributed by atoms with E-state index in [1.54, 1.807) is 0 Å². The highest BCUT2D eigenvalue weighted by molar-refractivity contribution is 5.75. The molecule has 5 heteroatoms. The van der Waals surface area contributed by atoms with Gasteiger partial charge >= 0.3 is 5.69 Å². The van der Waals surface area contributed by atoms with Crippen LogP contribution in [0.15, 0.2) is 41.5 Å². The molecule has 0 amide bonds. The molecule has 0 radical (unpaired) electrons. The number of imidazole rings is 1. The molecule has 0 saturated carbocycles. The van der Waals surface area contributed by atoms with Gasteiger partial charge in [0.25, 0.3) is 0 Å². The molecule has 5 nitrogen and oxygen atoms in total. The summed E-state index contributed by atoms with van der Waals surface area (Å²) >= 11 is 0. The Balaban J connectivity index is 1.70. The summed E-state index contributed by atoms with van der Waals surface area (Å²) < 4.78 is 2.16. The molecule has 2 heterocycles. The molecule has 0 fully saturated rings. The Morgan fingerprint density at radius 1 is 1.24 bits per heavy atom. The number of benzene rings is 1. The number of hydrogen-bond acceptors (Lipinski definition) is 2. The molecule has 0 aliphatic rings. The van der Waals surface area contributed by atoms with Crippen molar-refractivity contribution in [2.45, 2.75) is 33.0 Å². The van der Waals surface area contributed by atoms with Gasteiger partial charge in [-0.15, -0.1) is 0 Å². The second-order valence-electron chi connectivity index (χ2n) is 5.34.